The lowest BCUT2D eigenvalue weighted by molar-refractivity contribution is -0.118. The average molecular weight is 421 g/mol. The molecule has 0 aromatic heterocycles. The lowest BCUT2D eigenvalue weighted by atomic mass is 10.2. The highest BCUT2D eigenvalue weighted by molar-refractivity contribution is 7.99. The number of carbonyl (C=O) groups is 1. The summed E-state index contributed by atoms with van der Waals surface area (Å²) in [6.45, 7) is 5.15. The van der Waals surface area contributed by atoms with Crippen molar-refractivity contribution < 1.29 is 14.3 Å². The topological polar surface area (TPSA) is 59.9 Å². The predicted molar refractivity (Wildman–Crippen MR) is 117 cm³/mol. The maximum absolute atomic E-state index is 11.9. The Bertz CT molecular complexity index is 799. The van der Waals surface area contributed by atoms with Crippen LogP contribution in [0.5, 0.6) is 11.5 Å². The van der Waals surface area contributed by atoms with Gasteiger partial charge in [0, 0.05) is 10.8 Å². The number of hydrazone groups is 1. The van der Waals surface area contributed by atoms with Gasteiger partial charge in [-0.15, -0.1) is 11.8 Å². The number of carbonyl (C=O) groups excluding carboxylic acids is 1. The van der Waals surface area contributed by atoms with Gasteiger partial charge in [0.1, 0.15) is 0 Å². The molecule has 0 aliphatic rings. The van der Waals surface area contributed by atoms with Crippen LogP contribution in [0.4, 0.5) is 0 Å². The molecule has 2 aromatic carbocycles. The second-order valence-electron chi connectivity index (χ2n) is 5.87. The Morgan fingerprint density at radius 2 is 2.00 bits per heavy atom. The van der Waals surface area contributed by atoms with Gasteiger partial charge in [0.25, 0.3) is 0 Å². The summed E-state index contributed by atoms with van der Waals surface area (Å²) in [5.74, 6) is 2.19. The van der Waals surface area contributed by atoms with Crippen LogP contribution >= 0.6 is 23.4 Å². The minimum absolute atomic E-state index is 0.166. The molecule has 28 heavy (non-hydrogen) atoms. The minimum atomic E-state index is -0.166. The van der Waals surface area contributed by atoms with Gasteiger partial charge in [-0.05, 0) is 48.7 Å². The Kier molecular flexibility index (Phi) is 9.72. The van der Waals surface area contributed by atoms with Crippen molar-refractivity contribution in [1.82, 2.24) is 5.43 Å². The van der Waals surface area contributed by atoms with Crippen LogP contribution < -0.4 is 14.9 Å². The van der Waals surface area contributed by atoms with Crippen LogP contribution in [-0.4, -0.2) is 31.1 Å². The molecule has 0 radical (unpaired) electrons. The van der Waals surface area contributed by atoms with Crippen LogP contribution in [0.15, 0.2) is 47.6 Å². The summed E-state index contributed by atoms with van der Waals surface area (Å²) in [5.41, 5.74) is 4.37. The van der Waals surface area contributed by atoms with Crippen LogP contribution in [0.1, 0.15) is 31.4 Å². The second-order valence-corrected chi connectivity index (χ2v) is 7.26. The first-order valence-electron chi connectivity index (χ1n) is 9.16. The third-order valence-electron chi connectivity index (χ3n) is 3.58. The first-order valence-corrected chi connectivity index (χ1v) is 10.7. The molecular formula is C21H25ClN2O3S. The average Bonchev–Trinajstić information content (AvgIpc) is 2.69. The number of benzene rings is 2. The fraction of sp³-hybridized carbons (Fsp3) is 0.333. The van der Waals surface area contributed by atoms with Crippen LogP contribution in [0.25, 0.3) is 0 Å². The third kappa shape index (κ3) is 7.44. The van der Waals surface area contributed by atoms with E-state index >= 15 is 0 Å². The molecule has 0 aliphatic carbocycles. The first-order chi connectivity index (χ1) is 13.6. The zero-order valence-electron chi connectivity index (χ0n) is 16.1. The summed E-state index contributed by atoms with van der Waals surface area (Å²) in [6.07, 6.45) is 2.51. The van der Waals surface area contributed by atoms with Gasteiger partial charge in [-0.1, -0.05) is 36.7 Å². The van der Waals surface area contributed by atoms with Gasteiger partial charge < -0.3 is 9.47 Å². The number of hydrogen-bond donors (Lipinski definition) is 1. The van der Waals surface area contributed by atoms with Crippen molar-refractivity contribution in [3.8, 4) is 11.5 Å². The summed E-state index contributed by atoms with van der Waals surface area (Å²) in [7, 11) is 0. The van der Waals surface area contributed by atoms with E-state index in [-0.39, 0.29) is 5.91 Å². The summed E-state index contributed by atoms with van der Waals surface area (Å²) in [4.78, 5) is 11.9. The fourth-order valence-electron chi connectivity index (χ4n) is 2.28. The molecule has 0 spiro atoms. The van der Waals surface area contributed by atoms with Crippen molar-refractivity contribution in [2.24, 2.45) is 5.10 Å². The molecule has 2 rings (SSSR count). The van der Waals surface area contributed by atoms with Crippen molar-refractivity contribution in [2.75, 3.05) is 19.0 Å². The highest BCUT2D eigenvalue weighted by atomic mass is 35.5. The Labute approximate surface area is 175 Å². The summed E-state index contributed by atoms with van der Waals surface area (Å²) in [5, 5.41) is 4.73. The van der Waals surface area contributed by atoms with E-state index in [1.165, 1.54) is 11.8 Å². The molecule has 5 nitrogen and oxygen atoms in total. The van der Waals surface area contributed by atoms with Gasteiger partial charge >= 0.3 is 0 Å². The number of rotatable bonds is 11. The van der Waals surface area contributed by atoms with Crippen molar-refractivity contribution in [1.29, 1.82) is 0 Å². The number of ether oxygens (including phenoxy) is 2. The standard InChI is InChI=1S/C21H25ClN2O3S/c1-3-11-27-19-10-9-16(12-20(19)26-4-2)13-23-24-21(25)15-28-14-17-7-5-6-8-18(17)22/h5-10,12-13H,3-4,11,14-15H2,1-2H3,(H,24,25)/b23-13-. The molecule has 0 saturated carbocycles. The number of hydrogen-bond acceptors (Lipinski definition) is 5. The Morgan fingerprint density at radius 1 is 1.18 bits per heavy atom. The minimum Gasteiger partial charge on any atom is -0.490 e. The number of halogens is 1. The molecule has 150 valence electrons. The molecule has 1 N–H and O–H groups in total. The molecule has 0 fully saturated rings. The SMILES string of the molecule is CCCOc1ccc(/C=N\NC(=O)CSCc2ccccc2Cl)cc1OCC. The molecule has 0 saturated heterocycles. The van der Waals surface area contributed by atoms with Crippen LogP contribution in [0.3, 0.4) is 0 Å². The smallest absolute Gasteiger partial charge is 0.250 e. The van der Waals surface area contributed by atoms with Gasteiger partial charge in [-0.2, -0.15) is 5.10 Å². The Morgan fingerprint density at radius 3 is 2.75 bits per heavy atom. The predicted octanol–water partition coefficient (Wildman–Crippen LogP) is 4.91. The Balaban J connectivity index is 1.83. The van der Waals surface area contributed by atoms with Gasteiger partial charge in [0.2, 0.25) is 5.91 Å². The van der Waals surface area contributed by atoms with E-state index in [0.29, 0.717) is 41.2 Å². The van der Waals surface area contributed by atoms with E-state index in [9.17, 15) is 4.79 Å². The quantitative estimate of drug-likeness (QED) is 0.414. The molecule has 0 atom stereocenters. The largest absolute Gasteiger partial charge is 0.490 e. The molecule has 7 heteroatoms. The van der Waals surface area contributed by atoms with Crippen molar-refractivity contribution >= 4 is 35.5 Å². The zero-order chi connectivity index (χ0) is 20.2. The number of amides is 1. The molecular weight excluding hydrogens is 396 g/mol. The van der Waals surface area contributed by atoms with Crippen LogP contribution in [-0.2, 0) is 10.5 Å². The van der Waals surface area contributed by atoms with Gasteiger partial charge in [0.05, 0.1) is 25.2 Å². The van der Waals surface area contributed by atoms with E-state index in [0.717, 1.165) is 17.5 Å². The number of nitrogens with zero attached hydrogens (tertiary/aromatic N) is 1. The van der Waals surface area contributed by atoms with E-state index in [2.05, 4.69) is 17.5 Å². The zero-order valence-corrected chi connectivity index (χ0v) is 17.7. The molecule has 0 unspecified atom stereocenters. The third-order valence-corrected chi connectivity index (χ3v) is 4.93. The normalized spacial score (nSPS) is 10.8. The number of thioether (sulfide) groups is 1. The molecule has 0 bridgehead atoms. The summed E-state index contributed by atoms with van der Waals surface area (Å²) in [6, 6.07) is 13.2. The number of nitrogens with one attached hydrogen (secondary N) is 1. The van der Waals surface area contributed by atoms with Gasteiger partial charge in [0.15, 0.2) is 11.5 Å². The van der Waals surface area contributed by atoms with Gasteiger partial charge in [-0.3, -0.25) is 4.79 Å². The summed E-state index contributed by atoms with van der Waals surface area (Å²) >= 11 is 7.60. The van der Waals surface area contributed by atoms with Gasteiger partial charge in [-0.25, -0.2) is 5.43 Å². The van der Waals surface area contributed by atoms with E-state index in [4.69, 9.17) is 21.1 Å². The lowest BCUT2D eigenvalue weighted by Crippen LogP contribution is -2.19. The fourth-order valence-corrected chi connectivity index (χ4v) is 3.39. The molecule has 0 heterocycles. The maximum atomic E-state index is 11.9. The first kappa shape index (κ1) is 22.1. The highest BCUT2D eigenvalue weighted by Crippen LogP contribution is 2.28. The Hall–Kier alpha value is -2.18. The van der Waals surface area contributed by atoms with Crippen molar-refractivity contribution in [3.05, 3.63) is 58.6 Å². The van der Waals surface area contributed by atoms with E-state index in [1.54, 1.807) is 6.21 Å². The van der Waals surface area contributed by atoms with Crippen LogP contribution in [0.2, 0.25) is 5.02 Å². The van der Waals surface area contributed by atoms with Crippen molar-refractivity contribution in [3.63, 3.8) is 0 Å². The molecule has 2 aromatic rings. The molecule has 1 amide bonds. The maximum Gasteiger partial charge on any atom is 0.250 e. The summed E-state index contributed by atoms with van der Waals surface area (Å²) < 4.78 is 11.3. The lowest BCUT2D eigenvalue weighted by Gasteiger charge is -2.11. The van der Waals surface area contributed by atoms with Crippen LogP contribution in [0, 0.1) is 0 Å². The highest BCUT2D eigenvalue weighted by Gasteiger charge is 2.06. The molecule has 0 aliphatic heterocycles. The van der Waals surface area contributed by atoms with E-state index in [1.807, 2.05) is 49.4 Å². The van der Waals surface area contributed by atoms with Crippen molar-refractivity contribution in [2.45, 2.75) is 26.0 Å². The second kappa shape index (κ2) is 12.3. The monoisotopic (exact) mass is 420 g/mol. The van der Waals surface area contributed by atoms with E-state index < -0.39 is 0 Å².